The summed E-state index contributed by atoms with van der Waals surface area (Å²) in [4.78, 5) is 28.5. The van der Waals surface area contributed by atoms with Crippen LogP contribution in [0, 0.1) is 5.92 Å². The fourth-order valence-electron chi connectivity index (χ4n) is 3.59. The molecular formula is C19H29N3O5S2. The lowest BCUT2D eigenvalue weighted by Gasteiger charge is -2.38. The normalized spacial score (nSPS) is 21.8. The maximum absolute atomic E-state index is 13.0. The second-order valence-electron chi connectivity index (χ2n) is 8.43. The molecule has 3 heterocycles. The fraction of sp³-hybridized carbons (Fsp3) is 0.684. The molecule has 0 aliphatic carbocycles. The summed E-state index contributed by atoms with van der Waals surface area (Å²) in [7, 11) is -3.54. The number of amides is 2. The van der Waals surface area contributed by atoms with Gasteiger partial charge in [0.15, 0.2) is 0 Å². The van der Waals surface area contributed by atoms with Crippen LogP contribution in [0.5, 0.6) is 0 Å². The van der Waals surface area contributed by atoms with E-state index >= 15 is 0 Å². The molecule has 1 aromatic heterocycles. The Kier molecular flexibility index (Phi) is 6.54. The molecule has 0 bridgehead atoms. The van der Waals surface area contributed by atoms with Crippen molar-refractivity contribution in [2.24, 2.45) is 5.92 Å². The number of nitrogens with zero attached hydrogens (tertiary/aromatic N) is 3. The topological polar surface area (TPSA) is 87.2 Å². The summed E-state index contributed by atoms with van der Waals surface area (Å²) in [5, 5.41) is 1.74. The van der Waals surface area contributed by atoms with E-state index in [2.05, 4.69) is 0 Å². The Labute approximate surface area is 176 Å². The maximum atomic E-state index is 13.0. The first kappa shape index (κ1) is 22.0. The molecule has 3 rings (SSSR count). The van der Waals surface area contributed by atoms with E-state index < -0.39 is 15.6 Å². The molecule has 1 aromatic rings. The van der Waals surface area contributed by atoms with E-state index in [1.807, 2.05) is 20.8 Å². The highest BCUT2D eigenvalue weighted by molar-refractivity contribution is 7.91. The monoisotopic (exact) mass is 443 g/mol. The Morgan fingerprint density at radius 2 is 1.76 bits per heavy atom. The lowest BCUT2D eigenvalue weighted by molar-refractivity contribution is -0.138. The summed E-state index contributed by atoms with van der Waals surface area (Å²) in [6.45, 7) is 7.84. The Morgan fingerprint density at radius 1 is 1.10 bits per heavy atom. The zero-order valence-corrected chi connectivity index (χ0v) is 18.8. The molecule has 2 saturated heterocycles. The minimum atomic E-state index is -3.54. The highest BCUT2D eigenvalue weighted by Crippen LogP contribution is 2.27. The van der Waals surface area contributed by atoms with E-state index in [1.165, 1.54) is 15.6 Å². The fourth-order valence-corrected chi connectivity index (χ4v) is 6.26. The van der Waals surface area contributed by atoms with Crippen molar-refractivity contribution in [2.45, 2.75) is 43.4 Å². The molecule has 0 N–H and O–H groups in total. The smallest absolute Gasteiger partial charge is 0.410 e. The Hall–Kier alpha value is -1.65. The lowest BCUT2D eigenvalue weighted by atomic mass is 9.98. The van der Waals surface area contributed by atoms with Gasteiger partial charge < -0.3 is 14.5 Å². The maximum Gasteiger partial charge on any atom is 0.410 e. The zero-order chi connectivity index (χ0) is 21.2. The first-order valence-electron chi connectivity index (χ1n) is 9.88. The first-order chi connectivity index (χ1) is 13.6. The molecule has 2 amide bonds. The van der Waals surface area contributed by atoms with Gasteiger partial charge in [0.1, 0.15) is 9.81 Å². The van der Waals surface area contributed by atoms with Crippen LogP contribution < -0.4 is 0 Å². The van der Waals surface area contributed by atoms with Gasteiger partial charge in [-0.2, -0.15) is 4.31 Å². The van der Waals surface area contributed by atoms with E-state index in [4.69, 9.17) is 4.74 Å². The third-order valence-electron chi connectivity index (χ3n) is 5.07. The van der Waals surface area contributed by atoms with Gasteiger partial charge in [0.05, 0.1) is 5.92 Å². The molecule has 0 aromatic carbocycles. The summed E-state index contributed by atoms with van der Waals surface area (Å²) in [6, 6.07) is 3.32. The highest BCUT2D eigenvalue weighted by Gasteiger charge is 2.36. The molecule has 2 fully saturated rings. The average Bonchev–Trinajstić information content (AvgIpc) is 3.22. The van der Waals surface area contributed by atoms with Gasteiger partial charge in [-0.1, -0.05) is 6.07 Å². The molecule has 29 heavy (non-hydrogen) atoms. The molecule has 0 spiro atoms. The molecule has 1 atom stereocenters. The van der Waals surface area contributed by atoms with E-state index in [0.717, 1.165) is 0 Å². The summed E-state index contributed by atoms with van der Waals surface area (Å²) in [6.07, 6.45) is 0.982. The van der Waals surface area contributed by atoms with Crippen LogP contribution in [0.4, 0.5) is 4.79 Å². The zero-order valence-electron chi connectivity index (χ0n) is 17.2. The predicted octanol–water partition coefficient (Wildman–Crippen LogP) is 2.23. The average molecular weight is 444 g/mol. The van der Waals surface area contributed by atoms with E-state index in [0.29, 0.717) is 49.8 Å². The number of piperazine rings is 1. The van der Waals surface area contributed by atoms with Crippen molar-refractivity contribution >= 4 is 33.4 Å². The minimum absolute atomic E-state index is 0.0279. The summed E-state index contributed by atoms with van der Waals surface area (Å²) < 4.78 is 32.7. The minimum Gasteiger partial charge on any atom is -0.444 e. The molecule has 0 radical (unpaired) electrons. The summed E-state index contributed by atoms with van der Waals surface area (Å²) in [5.41, 5.74) is -0.552. The van der Waals surface area contributed by atoms with Gasteiger partial charge in [-0.15, -0.1) is 11.3 Å². The second kappa shape index (κ2) is 8.61. The number of sulfonamides is 1. The number of carbonyl (C=O) groups excluding carboxylic acids is 2. The number of thiophene rings is 1. The standard InChI is InChI=1S/C19H29N3O5S2/c1-19(2,3)27-18(24)21-11-9-20(10-12-21)17(23)15-6-4-8-22(14-15)29(25,26)16-7-5-13-28-16/h5,7,13,15H,4,6,8-12,14H2,1-3H3. The first-order valence-corrected chi connectivity index (χ1v) is 12.2. The predicted molar refractivity (Wildman–Crippen MR) is 110 cm³/mol. The summed E-state index contributed by atoms with van der Waals surface area (Å²) in [5.74, 6) is -0.369. The molecule has 0 saturated carbocycles. The Balaban J connectivity index is 1.57. The van der Waals surface area contributed by atoms with Crippen molar-refractivity contribution in [3.8, 4) is 0 Å². The van der Waals surface area contributed by atoms with Gasteiger partial charge in [0, 0.05) is 39.3 Å². The number of rotatable bonds is 3. The highest BCUT2D eigenvalue weighted by atomic mass is 32.2. The van der Waals surface area contributed by atoms with E-state index in [1.54, 1.807) is 27.3 Å². The van der Waals surface area contributed by atoms with Gasteiger partial charge in [-0.3, -0.25) is 4.79 Å². The van der Waals surface area contributed by atoms with Crippen LogP contribution in [0.25, 0.3) is 0 Å². The number of hydrogen-bond donors (Lipinski definition) is 0. The molecule has 10 heteroatoms. The van der Waals surface area contributed by atoms with Crippen LogP contribution in [-0.2, 0) is 19.6 Å². The SMILES string of the molecule is CC(C)(C)OC(=O)N1CCN(C(=O)C2CCCN(S(=O)(=O)c3cccs3)C2)CC1. The van der Waals surface area contributed by atoms with Gasteiger partial charge >= 0.3 is 6.09 Å². The number of carbonyl (C=O) groups is 2. The van der Waals surface area contributed by atoms with Crippen molar-refractivity contribution in [1.29, 1.82) is 0 Å². The summed E-state index contributed by atoms with van der Waals surface area (Å²) >= 11 is 1.19. The number of piperidine rings is 1. The Bertz CT molecular complexity index is 825. The molecule has 2 aliphatic heterocycles. The largest absolute Gasteiger partial charge is 0.444 e. The van der Waals surface area contributed by atoms with Gasteiger partial charge in [-0.05, 0) is 45.1 Å². The molecule has 1 unspecified atom stereocenters. The van der Waals surface area contributed by atoms with Crippen molar-refractivity contribution in [2.75, 3.05) is 39.3 Å². The molecule has 2 aliphatic rings. The second-order valence-corrected chi connectivity index (χ2v) is 11.5. The van der Waals surface area contributed by atoms with E-state index in [9.17, 15) is 18.0 Å². The van der Waals surface area contributed by atoms with Gasteiger partial charge in [0.2, 0.25) is 5.91 Å². The molecular weight excluding hydrogens is 414 g/mol. The van der Waals surface area contributed by atoms with Crippen LogP contribution in [0.3, 0.4) is 0 Å². The van der Waals surface area contributed by atoms with Crippen LogP contribution >= 0.6 is 11.3 Å². The number of ether oxygens (including phenoxy) is 1. The molecule has 8 nitrogen and oxygen atoms in total. The van der Waals surface area contributed by atoms with Crippen molar-refractivity contribution in [1.82, 2.24) is 14.1 Å². The van der Waals surface area contributed by atoms with Gasteiger partial charge in [-0.25, -0.2) is 13.2 Å². The lowest BCUT2D eigenvalue weighted by Crippen LogP contribution is -2.54. The third-order valence-corrected chi connectivity index (χ3v) is 8.30. The van der Waals surface area contributed by atoms with Gasteiger partial charge in [0.25, 0.3) is 10.0 Å². The molecule has 162 valence electrons. The number of hydrogen-bond acceptors (Lipinski definition) is 6. The third kappa shape index (κ3) is 5.29. The van der Waals surface area contributed by atoms with Crippen LogP contribution in [0.1, 0.15) is 33.6 Å². The van der Waals surface area contributed by atoms with Crippen molar-refractivity contribution in [3.05, 3.63) is 17.5 Å². The van der Waals surface area contributed by atoms with Crippen LogP contribution in [0.2, 0.25) is 0 Å². The van der Waals surface area contributed by atoms with Crippen molar-refractivity contribution in [3.63, 3.8) is 0 Å². The van der Waals surface area contributed by atoms with Crippen molar-refractivity contribution < 1.29 is 22.7 Å². The van der Waals surface area contributed by atoms with E-state index in [-0.39, 0.29) is 24.5 Å². The quantitative estimate of drug-likeness (QED) is 0.715. The van der Waals surface area contributed by atoms with Crippen LogP contribution in [0.15, 0.2) is 21.7 Å². The Morgan fingerprint density at radius 3 is 2.34 bits per heavy atom. The van der Waals surface area contributed by atoms with Crippen LogP contribution in [-0.4, -0.2) is 79.4 Å².